The van der Waals surface area contributed by atoms with Gasteiger partial charge in [0.05, 0.1) is 25.2 Å². The molecule has 1 saturated heterocycles. The second-order valence-electron chi connectivity index (χ2n) is 9.35. The summed E-state index contributed by atoms with van der Waals surface area (Å²) in [5.41, 5.74) is 3.81. The molecule has 1 aromatic heterocycles. The molecule has 0 radical (unpaired) electrons. The van der Waals surface area contributed by atoms with Crippen LogP contribution in [0.2, 0.25) is 0 Å². The maximum Gasteiger partial charge on any atom is 0.293 e. The Labute approximate surface area is 216 Å². The lowest BCUT2D eigenvalue weighted by molar-refractivity contribution is 0.0342. The van der Waals surface area contributed by atoms with Gasteiger partial charge in [0.2, 0.25) is 5.75 Å². The van der Waals surface area contributed by atoms with Gasteiger partial charge in [0.1, 0.15) is 6.67 Å². The van der Waals surface area contributed by atoms with Crippen molar-refractivity contribution in [1.82, 2.24) is 20.2 Å². The molecular weight excluding hydrogens is 471 g/mol. The monoisotopic (exact) mass is 504 g/mol. The quantitative estimate of drug-likeness (QED) is 0.388. The molecule has 194 valence electrons. The van der Waals surface area contributed by atoms with Crippen molar-refractivity contribution in [3.63, 3.8) is 0 Å². The number of nitrogens with one attached hydrogen (secondary N) is 2. The van der Waals surface area contributed by atoms with Gasteiger partial charge in [-0.25, -0.2) is 9.37 Å². The number of alkyl halides is 1. The number of benzene rings is 2. The Hall–Kier alpha value is -3.51. The van der Waals surface area contributed by atoms with E-state index in [0.29, 0.717) is 18.7 Å². The van der Waals surface area contributed by atoms with Crippen LogP contribution in [0.3, 0.4) is 0 Å². The van der Waals surface area contributed by atoms with E-state index in [9.17, 15) is 14.3 Å². The van der Waals surface area contributed by atoms with Gasteiger partial charge < -0.3 is 20.1 Å². The molecule has 1 aliphatic rings. The topological polar surface area (TPSA) is 90.5 Å². The fourth-order valence-corrected chi connectivity index (χ4v) is 4.21. The van der Waals surface area contributed by atoms with Crippen molar-refractivity contribution >= 4 is 0 Å². The molecule has 0 aliphatic carbocycles. The van der Waals surface area contributed by atoms with Gasteiger partial charge in [0.15, 0.2) is 0 Å². The fraction of sp³-hybridized carbons (Fsp3) is 0.379. The summed E-state index contributed by atoms with van der Waals surface area (Å²) in [4.78, 5) is 20.7. The van der Waals surface area contributed by atoms with Crippen LogP contribution in [-0.4, -0.2) is 65.5 Å². The Balaban J connectivity index is 1.43. The molecule has 2 atom stereocenters. The Morgan fingerprint density at radius 1 is 1.11 bits per heavy atom. The molecule has 8 heteroatoms. The minimum atomic E-state index is -0.575. The zero-order valence-electron chi connectivity index (χ0n) is 21.0. The fourth-order valence-electron chi connectivity index (χ4n) is 4.21. The zero-order valence-corrected chi connectivity index (χ0v) is 21.0. The number of morpholine rings is 1. The molecule has 7 nitrogen and oxygen atoms in total. The molecular formula is C29H33FN4O3. The summed E-state index contributed by atoms with van der Waals surface area (Å²) in [7, 11) is 0. The summed E-state index contributed by atoms with van der Waals surface area (Å²) in [6.07, 6.45) is 1.61. The highest BCUT2D eigenvalue weighted by Crippen LogP contribution is 2.23. The number of halogens is 1. The molecule has 37 heavy (non-hydrogen) atoms. The van der Waals surface area contributed by atoms with E-state index < -0.39 is 12.2 Å². The second kappa shape index (κ2) is 13.2. The van der Waals surface area contributed by atoms with E-state index in [0.717, 1.165) is 49.5 Å². The number of nitrogens with zero attached hydrogens (tertiary/aromatic N) is 2. The van der Waals surface area contributed by atoms with Gasteiger partial charge in [-0.3, -0.25) is 9.69 Å². The lowest BCUT2D eigenvalue weighted by Crippen LogP contribution is -2.35. The number of hydrogen-bond donors (Lipinski definition) is 3. The van der Waals surface area contributed by atoms with E-state index >= 15 is 0 Å². The van der Waals surface area contributed by atoms with Crippen molar-refractivity contribution in [1.29, 1.82) is 0 Å². The second-order valence-corrected chi connectivity index (χ2v) is 9.35. The van der Waals surface area contributed by atoms with Gasteiger partial charge >= 0.3 is 0 Å². The molecule has 1 fully saturated rings. The van der Waals surface area contributed by atoms with Crippen LogP contribution in [-0.2, 0) is 17.7 Å². The van der Waals surface area contributed by atoms with Gasteiger partial charge in [0.25, 0.3) is 5.56 Å². The highest BCUT2D eigenvalue weighted by Gasteiger charge is 2.18. The molecule has 2 heterocycles. The minimum absolute atomic E-state index is 0.116. The SMILES string of the molecule is C[C@@H](CF)NCC(Cc1nc[nH]c(=O)c1O)c1ccc(C#Cc2ccc(CN3CCOCC3)cc2)cc1. The average molecular weight is 505 g/mol. The summed E-state index contributed by atoms with van der Waals surface area (Å²) in [5, 5.41) is 13.3. The van der Waals surface area contributed by atoms with Crippen LogP contribution in [0, 0.1) is 11.8 Å². The van der Waals surface area contributed by atoms with Crippen LogP contribution >= 0.6 is 0 Å². The molecule has 3 N–H and O–H groups in total. The third-order valence-electron chi connectivity index (χ3n) is 6.49. The van der Waals surface area contributed by atoms with Crippen LogP contribution in [0.25, 0.3) is 0 Å². The highest BCUT2D eigenvalue weighted by atomic mass is 19.1. The first-order chi connectivity index (χ1) is 18.0. The van der Waals surface area contributed by atoms with E-state index in [1.807, 2.05) is 36.4 Å². The number of H-pyrrole nitrogens is 1. The molecule has 0 spiro atoms. The van der Waals surface area contributed by atoms with Crippen molar-refractivity contribution < 1.29 is 14.2 Å². The normalized spacial score (nSPS) is 15.5. The van der Waals surface area contributed by atoms with E-state index in [-0.39, 0.29) is 17.7 Å². The number of aromatic hydroxyl groups is 1. The molecule has 4 rings (SSSR count). The first kappa shape index (κ1) is 26.6. The van der Waals surface area contributed by atoms with Gasteiger partial charge in [-0.05, 0) is 42.3 Å². The first-order valence-electron chi connectivity index (χ1n) is 12.6. The van der Waals surface area contributed by atoms with Crippen molar-refractivity contribution in [2.45, 2.75) is 31.8 Å². The van der Waals surface area contributed by atoms with Crippen molar-refractivity contribution in [2.24, 2.45) is 0 Å². The van der Waals surface area contributed by atoms with E-state index in [2.05, 4.69) is 44.2 Å². The largest absolute Gasteiger partial charge is 0.502 e. The maximum atomic E-state index is 13.0. The Bertz CT molecular complexity index is 1260. The predicted octanol–water partition coefficient (Wildman–Crippen LogP) is 2.98. The van der Waals surface area contributed by atoms with E-state index in [4.69, 9.17) is 4.74 Å². The first-order valence-corrected chi connectivity index (χ1v) is 12.6. The predicted molar refractivity (Wildman–Crippen MR) is 141 cm³/mol. The lowest BCUT2D eigenvalue weighted by Gasteiger charge is -2.26. The smallest absolute Gasteiger partial charge is 0.293 e. The third kappa shape index (κ3) is 7.73. The molecule has 3 aromatic rings. The van der Waals surface area contributed by atoms with Gasteiger partial charge in [0, 0.05) is 55.7 Å². The number of aromatic amines is 1. The summed E-state index contributed by atoms with van der Waals surface area (Å²) in [5.74, 6) is 5.94. The molecule has 0 saturated carbocycles. The number of rotatable bonds is 9. The van der Waals surface area contributed by atoms with Crippen LogP contribution in [0.5, 0.6) is 5.75 Å². The Morgan fingerprint density at radius 2 is 1.76 bits per heavy atom. The van der Waals surface area contributed by atoms with Crippen LogP contribution in [0.1, 0.15) is 40.8 Å². The molecule has 0 amide bonds. The summed E-state index contributed by atoms with van der Waals surface area (Å²) in [6, 6.07) is 15.9. The van der Waals surface area contributed by atoms with Crippen LogP contribution < -0.4 is 10.9 Å². The minimum Gasteiger partial charge on any atom is -0.502 e. The van der Waals surface area contributed by atoms with E-state index in [1.165, 1.54) is 11.9 Å². The number of hydrogen-bond acceptors (Lipinski definition) is 6. The maximum absolute atomic E-state index is 13.0. The van der Waals surface area contributed by atoms with Gasteiger partial charge in [-0.15, -0.1) is 0 Å². The van der Waals surface area contributed by atoms with Crippen molar-refractivity contribution in [3.05, 3.63) is 93.2 Å². The molecule has 2 aromatic carbocycles. The number of aromatic nitrogens is 2. The lowest BCUT2D eigenvalue weighted by atomic mass is 9.92. The summed E-state index contributed by atoms with van der Waals surface area (Å²) >= 11 is 0. The van der Waals surface area contributed by atoms with Gasteiger partial charge in [-0.1, -0.05) is 36.1 Å². The van der Waals surface area contributed by atoms with Crippen LogP contribution in [0.4, 0.5) is 4.39 Å². The molecule has 1 aliphatic heterocycles. The average Bonchev–Trinajstić information content (AvgIpc) is 2.93. The van der Waals surface area contributed by atoms with Crippen LogP contribution in [0.15, 0.2) is 59.7 Å². The Morgan fingerprint density at radius 3 is 2.41 bits per heavy atom. The van der Waals surface area contributed by atoms with Crippen molar-refractivity contribution in [2.75, 3.05) is 39.5 Å². The summed E-state index contributed by atoms with van der Waals surface area (Å²) < 4.78 is 18.4. The van der Waals surface area contributed by atoms with Gasteiger partial charge in [-0.2, -0.15) is 0 Å². The summed E-state index contributed by atoms with van der Waals surface area (Å²) in [6.45, 7) is 6.20. The third-order valence-corrected chi connectivity index (χ3v) is 6.49. The zero-order chi connectivity index (χ0) is 26.0. The molecule has 1 unspecified atom stereocenters. The standard InChI is InChI=1S/C29H33FN4O3/c1-21(17-30)31-18-26(16-27-28(35)29(36)33-20-32-27)25-10-8-23(9-11-25)3-2-22-4-6-24(7-5-22)19-34-12-14-37-15-13-34/h4-11,20-21,26,31,35H,12-19H2,1H3,(H,32,33,36)/t21-,26?/m0/s1. The Kier molecular flexibility index (Phi) is 9.44. The molecule has 0 bridgehead atoms. The highest BCUT2D eigenvalue weighted by molar-refractivity contribution is 5.44. The van der Waals surface area contributed by atoms with Crippen molar-refractivity contribution in [3.8, 4) is 17.6 Å². The van der Waals surface area contributed by atoms with E-state index in [1.54, 1.807) is 6.92 Å². The number of ether oxygens (including phenoxy) is 1.